The highest BCUT2D eigenvalue weighted by Crippen LogP contribution is 2.33. The van der Waals surface area contributed by atoms with E-state index in [0.29, 0.717) is 23.0 Å². The van der Waals surface area contributed by atoms with Gasteiger partial charge in [0.1, 0.15) is 5.54 Å². The van der Waals surface area contributed by atoms with E-state index in [-0.39, 0.29) is 18.0 Å². The molecule has 0 bridgehead atoms. The molecule has 1 aliphatic heterocycles. The lowest BCUT2D eigenvalue weighted by atomic mass is 10.1. The van der Waals surface area contributed by atoms with Crippen molar-refractivity contribution in [1.29, 1.82) is 0 Å². The van der Waals surface area contributed by atoms with Crippen LogP contribution in [-0.2, 0) is 17.5 Å². The lowest BCUT2D eigenvalue weighted by Crippen LogP contribution is -2.40. The van der Waals surface area contributed by atoms with Crippen molar-refractivity contribution in [3.8, 4) is 0 Å². The zero-order chi connectivity index (χ0) is 23.1. The number of carbonyl (C=O) groups excluding carboxylic acids is 2. The van der Waals surface area contributed by atoms with Crippen molar-refractivity contribution in [1.82, 2.24) is 19.8 Å². The molecule has 1 saturated heterocycles. The summed E-state index contributed by atoms with van der Waals surface area (Å²) in [5.41, 5.74) is 0.0997. The summed E-state index contributed by atoms with van der Waals surface area (Å²) in [6.07, 6.45) is -4.46. The van der Waals surface area contributed by atoms with Gasteiger partial charge in [-0.2, -0.15) is 13.2 Å². The quantitative estimate of drug-likeness (QED) is 0.432. The van der Waals surface area contributed by atoms with Crippen molar-refractivity contribution in [3.05, 3.63) is 59.7 Å². The van der Waals surface area contributed by atoms with E-state index in [0.717, 1.165) is 22.6 Å². The largest absolute Gasteiger partial charge is 0.416 e. The second-order valence-electron chi connectivity index (χ2n) is 8.03. The maximum atomic E-state index is 13.2. The summed E-state index contributed by atoms with van der Waals surface area (Å²) in [5, 5.41) is 3.15. The SMILES string of the molecule is CC1(C)NC(=O)N(CCSc2nc3cc(C(F)(F)F)ccc3n2Cc2ccccc2)C1=O. The van der Waals surface area contributed by atoms with Crippen LogP contribution >= 0.6 is 11.8 Å². The fourth-order valence-electron chi connectivity index (χ4n) is 3.56. The van der Waals surface area contributed by atoms with Crippen LogP contribution in [0.1, 0.15) is 25.0 Å². The highest BCUT2D eigenvalue weighted by atomic mass is 32.2. The van der Waals surface area contributed by atoms with E-state index in [2.05, 4.69) is 10.3 Å². The third-order valence-corrected chi connectivity index (χ3v) is 6.17. The molecule has 6 nitrogen and oxygen atoms in total. The van der Waals surface area contributed by atoms with Crippen LogP contribution in [-0.4, -0.2) is 44.2 Å². The molecule has 3 amide bonds. The summed E-state index contributed by atoms with van der Waals surface area (Å²) < 4.78 is 41.4. The molecule has 0 unspecified atom stereocenters. The monoisotopic (exact) mass is 462 g/mol. The number of benzene rings is 2. The standard InChI is InChI=1S/C22H21F3N4O2S/c1-21(2)18(30)28(19(31)27-21)10-11-32-20-26-16-12-15(22(23,24)25)8-9-17(16)29(20)13-14-6-4-3-5-7-14/h3-9,12H,10-11,13H2,1-2H3,(H,27,31). The first-order chi connectivity index (χ1) is 15.1. The Morgan fingerprint density at radius 2 is 1.81 bits per heavy atom. The molecule has 0 aliphatic carbocycles. The molecule has 2 aromatic carbocycles. The minimum absolute atomic E-state index is 0.168. The zero-order valence-corrected chi connectivity index (χ0v) is 18.3. The van der Waals surface area contributed by atoms with Gasteiger partial charge < -0.3 is 9.88 Å². The summed E-state index contributed by atoms with van der Waals surface area (Å²) in [6, 6.07) is 12.6. The van der Waals surface area contributed by atoms with Crippen molar-refractivity contribution in [2.45, 2.75) is 37.3 Å². The van der Waals surface area contributed by atoms with Gasteiger partial charge in [0.2, 0.25) is 0 Å². The van der Waals surface area contributed by atoms with Gasteiger partial charge in [-0.3, -0.25) is 9.69 Å². The van der Waals surface area contributed by atoms with Gasteiger partial charge in [0.15, 0.2) is 5.16 Å². The molecular formula is C22H21F3N4O2S. The molecule has 4 rings (SSSR count). The van der Waals surface area contributed by atoms with Crippen LogP contribution in [0.5, 0.6) is 0 Å². The fraction of sp³-hybridized carbons (Fsp3) is 0.318. The normalized spacial score (nSPS) is 16.1. The van der Waals surface area contributed by atoms with Crippen molar-refractivity contribution in [3.63, 3.8) is 0 Å². The molecule has 1 N–H and O–H groups in total. The molecule has 1 aliphatic rings. The van der Waals surface area contributed by atoms with E-state index in [1.807, 2.05) is 34.9 Å². The smallest absolute Gasteiger partial charge is 0.324 e. The Kier molecular flexibility index (Phi) is 5.66. The molecule has 1 aromatic heterocycles. The van der Waals surface area contributed by atoms with Gasteiger partial charge >= 0.3 is 12.2 Å². The average Bonchev–Trinajstić information content (AvgIpc) is 3.16. The Labute approximate surface area is 186 Å². The van der Waals surface area contributed by atoms with E-state index in [4.69, 9.17) is 0 Å². The van der Waals surface area contributed by atoms with E-state index < -0.39 is 23.3 Å². The number of thioether (sulfide) groups is 1. The highest BCUT2D eigenvalue weighted by molar-refractivity contribution is 7.99. The van der Waals surface area contributed by atoms with Gasteiger partial charge in [0.05, 0.1) is 23.1 Å². The van der Waals surface area contributed by atoms with E-state index in [1.165, 1.54) is 17.8 Å². The van der Waals surface area contributed by atoms with Crippen molar-refractivity contribution < 1.29 is 22.8 Å². The van der Waals surface area contributed by atoms with Gasteiger partial charge in [-0.15, -0.1) is 0 Å². The number of nitrogens with zero attached hydrogens (tertiary/aromatic N) is 3. The van der Waals surface area contributed by atoms with Crippen molar-refractivity contribution in [2.24, 2.45) is 0 Å². The summed E-state index contributed by atoms with van der Waals surface area (Å²) in [5.74, 6) is 0.0511. The van der Waals surface area contributed by atoms with Gasteiger partial charge in [0, 0.05) is 12.3 Å². The number of urea groups is 1. The molecule has 0 saturated carbocycles. The molecule has 2 heterocycles. The molecule has 32 heavy (non-hydrogen) atoms. The van der Waals surface area contributed by atoms with Gasteiger partial charge in [-0.1, -0.05) is 42.1 Å². The molecule has 3 aromatic rings. The molecule has 1 fully saturated rings. The Bertz CT molecular complexity index is 1180. The second kappa shape index (κ2) is 8.16. The first-order valence-electron chi connectivity index (χ1n) is 9.94. The lowest BCUT2D eigenvalue weighted by molar-refractivity contribution is -0.137. The van der Waals surface area contributed by atoms with Crippen LogP contribution in [0.15, 0.2) is 53.7 Å². The lowest BCUT2D eigenvalue weighted by Gasteiger charge is -2.16. The Morgan fingerprint density at radius 1 is 1.09 bits per heavy atom. The summed E-state index contributed by atoms with van der Waals surface area (Å²) in [6.45, 7) is 3.87. The van der Waals surface area contributed by atoms with E-state index >= 15 is 0 Å². The number of hydrogen-bond acceptors (Lipinski definition) is 4. The summed E-state index contributed by atoms with van der Waals surface area (Å²) in [7, 11) is 0. The Hall–Kier alpha value is -3.01. The molecule has 0 radical (unpaired) electrons. The predicted molar refractivity (Wildman–Crippen MR) is 115 cm³/mol. The maximum absolute atomic E-state index is 13.2. The van der Waals surface area contributed by atoms with Crippen molar-refractivity contribution >= 4 is 34.7 Å². The minimum Gasteiger partial charge on any atom is -0.324 e. The third kappa shape index (κ3) is 4.32. The number of halogens is 3. The van der Waals surface area contributed by atoms with Gasteiger partial charge in [-0.05, 0) is 37.6 Å². The fourth-order valence-corrected chi connectivity index (χ4v) is 4.50. The average molecular weight is 462 g/mol. The number of amides is 3. The number of imidazole rings is 1. The molecule has 168 valence electrons. The number of alkyl halides is 3. The zero-order valence-electron chi connectivity index (χ0n) is 17.4. The number of hydrogen-bond donors (Lipinski definition) is 1. The number of rotatable bonds is 6. The second-order valence-corrected chi connectivity index (χ2v) is 9.09. The maximum Gasteiger partial charge on any atom is 0.416 e. The predicted octanol–water partition coefficient (Wildman–Crippen LogP) is 4.53. The van der Waals surface area contributed by atoms with Crippen LogP contribution in [0, 0.1) is 0 Å². The minimum atomic E-state index is -4.46. The van der Waals surface area contributed by atoms with E-state index in [1.54, 1.807) is 13.8 Å². The van der Waals surface area contributed by atoms with Crippen LogP contribution < -0.4 is 5.32 Å². The van der Waals surface area contributed by atoms with Gasteiger partial charge in [-0.25, -0.2) is 9.78 Å². The molecular weight excluding hydrogens is 441 g/mol. The molecule has 0 atom stereocenters. The number of nitrogens with one attached hydrogen (secondary N) is 1. The van der Waals surface area contributed by atoms with E-state index in [9.17, 15) is 22.8 Å². The summed E-state index contributed by atoms with van der Waals surface area (Å²) >= 11 is 1.29. The van der Waals surface area contributed by atoms with Gasteiger partial charge in [0.25, 0.3) is 5.91 Å². The Balaban J connectivity index is 1.61. The van der Waals surface area contributed by atoms with Crippen LogP contribution in [0.2, 0.25) is 0 Å². The molecule has 0 spiro atoms. The van der Waals surface area contributed by atoms with Crippen LogP contribution in [0.3, 0.4) is 0 Å². The topological polar surface area (TPSA) is 67.2 Å². The third-order valence-electron chi connectivity index (χ3n) is 5.21. The van der Waals surface area contributed by atoms with Crippen LogP contribution in [0.4, 0.5) is 18.0 Å². The number of aromatic nitrogens is 2. The van der Waals surface area contributed by atoms with Crippen LogP contribution in [0.25, 0.3) is 11.0 Å². The summed E-state index contributed by atoms with van der Waals surface area (Å²) in [4.78, 5) is 30.0. The number of imide groups is 1. The Morgan fingerprint density at radius 3 is 2.44 bits per heavy atom. The number of carbonyl (C=O) groups is 2. The number of fused-ring (bicyclic) bond motifs is 1. The highest BCUT2D eigenvalue weighted by Gasteiger charge is 2.43. The van der Waals surface area contributed by atoms with Crippen molar-refractivity contribution in [2.75, 3.05) is 12.3 Å². The first kappa shape index (κ1) is 22.2. The first-order valence-corrected chi connectivity index (χ1v) is 10.9. The molecule has 10 heteroatoms.